The fraction of sp³-hybridized carbons (Fsp3) is 0.500. The maximum absolute atomic E-state index is 12.5. The van der Waals surface area contributed by atoms with Crippen LogP contribution >= 0.6 is 11.3 Å². The van der Waals surface area contributed by atoms with E-state index in [1.807, 2.05) is 19.1 Å². The van der Waals surface area contributed by atoms with Gasteiger partial charge in [0, 0.05) is 43.5 Å². The lowest BCUT2D eigenvalue weighted by Gasteiger charge is -2.36. The van der Waals surface area contributed by atoms with Gasteiger partial charge in [-0.15, -0.1) is 11.3 Å². The molecule has 124 valence electrons. The van der Waals surface area contributed by atoms with Crippen molar-refractivity contribution in [2.75, 3.05) is 39.8 Å². The maximum atomic E-state index is 12.5. The summed E-state index contributed by atoms with van der Waals surface area (Å²) in [6, 6.07) is 8.60. The van der Waals surface area contributed by atoms with Crippen LogP contribution in [-0.2, 0) is 0 Å². The van der Waals surface area contributed by atoms with Crippen molar-refractivity contribution < 1.29 is 4.79 Å². The first-order valence-corrected chi connectivity index (χ1v) is 9.07. The molecule has 1 aliphatic rings. The first kappa shape index (κ1) is 16.4. The third kappa shape index (κ3) is 3.57. The SMILES string of the molecule is Cc1c(C(=O)NCC(C)N2CCN(C)CC2)sc2ccccc12. The lowest BCUT2D eigenvalue weighted by molar-refractivity contribution is 0.0907. The summed E-state index contributed by atoms with van der Waals surface area (Å²) >= 11 is 1.59. The molecule has 0 radical (unpaired) electrons. The number of rotatable bonds is 4. The Morgan fingerprint density at radius 3 is 2.65 bits per heavy atom. The second-order valence-corrected chi connectivity index (χ2v) is 7.50. The summed E-state index contributed by atoms with van der Waals surface area (Å²) in [6.07, 6.45) is 0. The number of likely N-dealkylation sites (N-methyl/N-ethyl adjacent to an activating group) is 1. The van der Waals surface area contributed by atoms with E-state index < -0.39 is 0 Å². The van der Waals surface area contributed by atoms with Crippen LogP contribution < -0.4 is 5.32 Å². The molecule has 1 aromatic carbocycles. The molecule has 23 heavy (non-hydrogen) atoms. The molecule has 0 aliphatic carbocycles. The number of nitrogens with one attached hydrogen (secondary N) is 1. The monoisotopic (exact) mass is 331 g/mol. The second kappa shape index (κ2) is 6.99. The molecule has 5 heteroatoms. The summed E-state index contributed by atoms with van der Waals surface area (Å²) in [5.41, 5.74) is 1.09. The minimum atomic E-state index is 0.0599. The highest BCUT2D eigenvalue weighted by atomic mass is 32.1. The predicted octanol–water partition coefficient (Wildman–Crippen LogP) is 2.58. The topological polar surface area (TPSA) is 35.6 Å². The van der Waals surface area contributed by atoms with E-state index in [-0.39, 0.29) is 5.91 Å². The van der Waals surface area contributed by atoms with Crippen molar-refractivity contribution in [2.24, 2.45) is 0 Å². The van der Waals surface area contributed by atoms with E-state index >= 15 is 0 Å². The maximum Gasteiger partial charge on any atom is 0.261 e. The standard InChI is InChI=1S/C18H25N3OS/c1-13(21-10-8-20(3)9-11-21)12-19-18(22)17-14(2)15-6-4-5-7-16(15)23-17/h4-7,13H,8-12H2,1-3H3,(H,19,22). The van der Waals surface area contributed by atoms with Crippen molar-refractivity contribution in [1.82, 2.24) is 15.1 Å². The summed E-state index contributed by atoms with van der Waals surface area (Å²) in [6.45, 7) is 9.31. The number of nitrogens with zero attached hydrogens (tertiary/aromatic N) is 2. The smallest absolute Gasteiger partial charge is 0.261 e. The van der Waals surface area contributed by atoms with Gasteiger partial charge in [-0.25, -0.2) is 0 Å². The molecule has 0 bridgehead atoms. The molecule has 3 rings (SSSR count). The van der Waals surface area contributed by atoms with Crippen molar-refractivity contribution in [2.45, 2.75) is 19.9 Å². The van der Waals surface area contributed by atoms with Crippen molar-refractivity contribution in [3.05, 3.63) is 34.7 Å². The van der Waals surface area contributed by atoms with Crippen LogP contribution in [0.5, 0.6) is 0 Å². The lowest BCUT2D eigenvalue weighted by Crippen LogP contribution is -2.51. The Morgan fingerprint density at radius 1 is 1.26 bits per heavy atom. The molecule has 1 fully saturated rings. The highest BCUT2D eigenvalue weighted by Gasteiger charge is 2.21. The number of aryl methyl sites for hydroxylation is 1. The lowest BCUT2D eigenvalue weighted by atomic mass is 10.1. The number of carbonyl (C=O) groups excluding carboxylic acids is 1. The van der Waals surface area contributed by atoms with Gasteiger partial charge in [-0.3, -0.25) is 9.69 Å². The van der Waals surface area contributed by atoms with Gasteiger partial charge in [0.15, 0.2) is 0 Å². The van der Waals surface area contributed by atoms with Gasteiger partial charge < -0.3 is 10.2 Å². The van der Waals surface area contributed by atoms with Gasteiger partial charge >= 0.3 is 0 Å². The zero-order chi connectivity index (χ0) is 16.4. The minimum Gasteiger partial charge on any atom is -0.350 e. The van der Waals surface area contributed by atoms with Gasteiger partial charge in [-0.05, 0) is 37.9 Å². The fourth-order valence-corrected chi connectivity index (χ4v) is 4.23. The Morgan fingerprint density at radius 2 is 1.96 bits per heavy atom. The van der Waals surface area contributed by atoms with Gasteiger partial charge in [-0.1, -0.05) is 18.2 Å². The van der Waals surface area contributed by atoms with Gasteiger partial charge in [0.05, 0.1) is 4.88 Å². The van der Waals surface area contributed by atoms with Crippen LogP contribution in [0.15, 0.2) is 24.3 Å². The molecule has 0 spiro atoms. The summed E-state index contributed by atoms with van der Waals surface area (Å²) < 4.78 is 1.18. The zero-order valence-corrected chi connectivity index (χ0v) is 14.9. The van der Waals surface area contributed by atoms with Crippen LogP contribution in [0.25, 0.3) is 10.1 Å². The third-order valence-electron chi connectivity index (χ3n) is 4.77. The predicted molar refractivity (Wildman–Crippen MR) is 97.4 cm³/mol. The molecular weight excluding hydrogens is 306 g/mol. The molecule has 1 aromatic heterocycles. The molecule has 4 nitrogen and oxygen atoms in total. The van der Waals surface area contributed by atoms with E-state index in [1.165, 1.54) is 10.1 Å². The van der Waals surface area contributed by atoms with Crippen LogP contribution in [0.4, 0.5) is 0 Å². The van der Waals surface area contributed by atoms with E-state index in [2.05, 4.69) is 41.2 Å². The van der Waals surface area contributed by atoms with Crippen LogP contribution in [0.1, 0.15) is 22.2 Å². The molecule has 1 unspecified atom stereocenters. The number of hydrogen-bond donors (Lipinski definition) is 1. The second-order valence-electron chi connectivity index (χ2n) is 6.45. The molecular formula is C18H25N3OS. The van der Waals surface area contributed by atoms with E-state index in [0.29, 0.717) is 12.6 Å². The molecule has 1 aliphatic heterocycles. The molecule has 1 amide bonds. The van der Waals surface area contributed by atoms with Crippen molar-refractivity contribution in [3.8, 4) is 0 Å². The van der Waals surface area contributed by atoms with Gasteiger partial charge in [-0.2, -0.15) is 0 Å². The summed E-state index contributed by atoms with van der Waals surface area (Å²) in [7, 11) is 2.16. The van der Waals surface area contributed by atoms with Crippen molar-refractivity contribution in [1.29, 1.82) is 0 Å². The third-order valence-corrected chi connectivity index (χ3v) is 6.04. The molecule has 2 heterocycles. The number of thiophene rings is 1. The Bertz CT molecular complexity index is 689. The first-order valence-electron chi connectivity index (χ1n) is 8.25. The summed E-state index contributed by atoms with van der Waals surface area (Å²) in [4.78, 5) is 18.2. The summed E-state index contributed by atoms with van der Waals surface area (Å²) in [5.74, 6) is 0.0599. The van der Waals surface area contributed by atoms with E-state index in [0.717, 1.165) is 36.6 Å². The average Bonchev–Trinajstić information content (AvgIpc) is 2.90. The summed E-state index contributed by atoms with van der Waals surface area (Å²) in [5, 5.41) is 4.31. The molecule has 1 atom stereocenters. The Balaban J connectivity index is 1.61. The molecule has 1 saturated heterocycles. The van der Waals surface area contributed by atoms with Crippen LogP contribution in [0.3, 0.4) is 0 Å². The van der Waals surface area contributed by atoms with Gasteiger partial charge in [0.2, 0.25) is 0 Å². The number of piperazine rings is 1. The van der Waals surface area contributed by atoms with E-state index in [1.54, 1.807) is 11.3 Å². The Kier molecular flexibility index (Phi) is 4.99. The average molecular weight is 331 g/mol. The number of fused-ring (bicyclic) bond motifs is 1. The molecule has 0 saturated carbocycles. The van der Waals surface area contributed by atoms with E-state index in [4.69, 9.17) is 0 Å². The number of benzene rings is 1. The van der Waals surface area contributed by atoms with Gasteiger partial charge in [0.25, 0.3) is 5.91 Å². The van der Waals surface area contributed by atoms with E-state index in [9.17, 15) is 4.79 Å². The quantitative estimate of drug-likeness (QED) is 0.935. The van der Waals surface area contributed by atoms with Crippen LogP contribution in [0, 0.1) is 6.92 Å². The molecule has 1 N–H and O–H groups in total. The Labute approximate surface area is 142 Å². The van der Waals surface area contributed by atoms with Crippen LogP contribution in [-0.4, -0.2) is 61.5 Å². The van der Waals surface area contributed by atoms with Crippen LogP contribution in [0.2, 0.25) is 0 Å². The first-order chi connectivity index (χ1) is 11.1. The Hall–Kier alpha value is -1.43. The number of amides is 1. The zero-order valence-electron chi connectivity index (χ0n) is 14.1. The van der Waals surface area contributed by atoms with Crippen molar-refractivity contribution in [3.63, 3.8) is 0 Å². The largest absolute Gasteiger partial charge is 0.350 e. The minimum absolute atomic E-state index is 0.0599. The fourth-order valence-electron chi connectivity index (χ4n) is 3.10. The number of hydrogen-bond acceptors (Lipinski definition) is 4. The number of carbonyl (C=O) groups is 1. The highest BCUT2D eigenvalue weighted by Crippen LogP contribution is 2.30. The van der Waals surface area contributed by atoms with Gasteiger partial charge in [0.1, 0.15) is 0 Å². The normalized spacial score (nSPS) is 18.2. The van der Waals surface area contributed by atoms with Crippen molar-refractivity contribution >= 4 is 27.3 Å². The molecule has 2 aromatic rings. The highest BCUT2D eigenvalue weighted by molar-refractivity contribution is 7.21.